The standard InChI is InChI=1S/C16H21N3O3S/c1-23(20,21)15-11-17-18-16(15)14-12-22-10-9-19(14)8-7-13-5-3-2-4-6-13/h2-6,11,14H,7-10,12H2,1H3,(H,17,18)/t14-/m1/s1. The Balaban J connectivity index is 1.78. The second-order valence-corrected chi connectivity index (χ2v) is 7.77. The van der Waals surface area contributed by atoms with Gasteiger partial charge < -0.3 is 4.74 Å². The number of morpholine rings is 1. The average molecular weight is 335 g/mol. The molecule has 124 valence electrons. The molecule has 3 rings (SSSR count). The number of sulfone groups is 1. The zero-order valence-corrected chi connectivity index (χ0v) is 13.9. The lowest BCUT2D eigenvalue weighted by Crippen LogP contribution is -2.41. The molecule has 1 saturated heterocycles. The first kappa shape index (κ1) is 16.2. The Morgan fingerprint density at radius 1 is 1.35 bits per heavy atom. The molecule has 1 aromatic carbocycles. The molecule has 6 nitrogen and oxygen atoms in total. The smallest absolute Gasteiger partial charge is 0.178 e. The van der Waals surface area contributed by atoms with Crippen LogP contribution in [-0.4, -0.2) is 56.1 Å². The number of ether oxygens (including phenoxy) is 1. The maximum atomic E-state index is 11.9. The van der Waals surface area contributed by atoms with E-state index in [-0.39, 0.29) is 10.9 Å². The monoisotopic (exact) mass is 335 g/mol. The fraction of sp³-hybridized carbons (Fsp3) is 0.438. The Hall–Kier alpha value is -1.70. The minimum atomic E-state index is -3.31. The summed E-state index contributed by atoms with van der Waals surface area (Å²) in [6.45, 7) is 2.76. The zero-order chi connectivity index (χ0) is 16.3. The van der Waals surface area contributed by atoms with Crippen molar-refractivity contribution in [1.82, 2.24) is 15.1 Å². The number of benzene rings is 1. The van der Waals surface area contributed by atoms with Crippen molar-refractivity contribution in [2.75, 3.05) is 32.6 Å². The lowest BCUT2D eigenvalue weighted by Gasteiger charge is -2.35. The van der Waals surface area contributed by atoms with Gasteiger partial charge in [-0.15, -0.1) is 0 Å². The van der Waals surface area contributed by atoms with Crippen molar-refractivity contribution in [2.24, 2.45) is 0 Å². The van der Waals surface area contributed by atoms with Crippen molar-refractivity contribution in [3.05, 3.63) is 47.8 Å². The first-order valence-corrected chi connectivity index (χ1v) is 9.54. The van der Waals surface area contributed by atoms with Crippen LogP contribution in [0.2, 0.25) is 0 Å². The summed E-state index contributed by atoms with van der Waals surface area (Å²) in [5.74, 6) is 0. The van der Waals surface area contributed by atoms with Crippen LogP contribution in [0.3, 0.4) is 0 Å². The van der Waals surface area contributed by atoms with E-state index in [1.807, 2.05) is 18.2 Å². The molecule has 1 fully saturated rings. The van der Waals surface area contributed by atoms with Gasteiger partial charge in [0.2, 0.25) is 0 Å². The molecule has 1 N–H and O–H groups in total. The molecule has 0 amide bonds. The van der Waals surface area contributed by atoms with Crippen LogP contribution >= 0.6 is 0 Å². The lowest BCUT2D eigenvalue weighted by atomic mass is 10.1. The SMILES string of the molecule is CS(=O)(=O)c1cn[nH]c1[C@H]1COCCN1CCc1ccccc1. The zero-order valence-electron chi connectivity index (χ0n) is 13.1. The fourth-order valence-electron chi connectivity index (χ4n) is 2.91. The predicted octanol–water partition coefficient (Wildman–Crippen LogP) is 1.43. The van der Waals surface area contributed by atoms with E-state index in [1.165, 1.54) is 18.0 Å². The van der Waals surface area contributed by atoms with Gasteiger partial charge >= 0.3 is 0 Å². The normalized spacial score (nSPS) is 19.8. The van der Waals surface area contributed by atoms with E-state index in [0.717, 1.165) is 19.5 Å². The van der Waals surface area contributed by atoms with Gasteiger partial charge in [-0.1, -0.05) is 30.3 Å². The molecule has 0 aliphatic carbocycles. The summed E-state index contributed by atoms with van der Waals surface area (Å²) >= 11 is 0. The van der Waals surface area contributed by atoms with Crippen LogP contribution < -0.4 is 0 Å². The Labute approximate surface area is 136 Å². The summed E-state index contributed by atoms with van der Waals surface area (Å²) in [6.07, 6.45) is 3.51. The molecular weight excluding hydrogens is 314 g/mol. The fourth-order valence-corrected chi connectivity index (χ4v) is 3.73. The number of hydrogen-bond acceptors (Lipinski definition) is 5. The minimum Gasteiger partial charge on any atom is -0.378 e. The second-order valence-electron chi connectivity index (χ2n) is 5.78. The third kappa shape index (κ3) is 3.80. The molecule has 1 aliphatic heterocycles. The quantitative estimate of drug-likeness (QED) is 0.895. The molecule has 0 unspecified atom stereocenters. The number of hydrogen-bond donors (Lipinski definition) is 1. The number of rotatable bonds is 5. The van der Waals surface area contributed by atoms with Gasteiger partial charge in [-0.05, 0) is 12.0 Å². The van der Waals surface area contributed by atoms with E-state index in [9.17, 15) is 8.42 Å². The van der Waals surface area contributed by atoms with Gasteiger partial charge in [-0.3, -0.25) is 10.00 Å². The Morgan fingerprint density at radius 2 is 2.13 bits per heavy atom. The maximum absolute atomic E-state index is 11.9. The van der Waals surface area contributed by atoms with Gasteiger partial charge in [-0.2, -0.15) is 5.10 Å². The summed E-state index contributed by atoms with van der Waals surface area (Å²) < 4.78 is 29.4. The van der Waals surface area contributed by atoms with Crippen molar-refractivity contribution in [3.63, 3.8) is 0 Å². The number of nitrogens with zero attached hydrogens (tertiary/aromatic N) is 2. The van der Waals surface area contributed by atoms with Crippen molar-refractivity contribution >= 4 is 9.84 Å². The Kier molecular flexibility index (Phi) is 4.79. The Morgan fingerprint density at radius 3 is 2.87 bits per heavy atom. The molecule has 1 atom stereocenters. The molecule has 1 aliphatic rings. The van der Waals surface area contributed by atoms with Crippen LogP contribution in [0.4, 0.5) is 0 Å². The summed E-state index contributed by atoms with van der Waals surface area (Å²) in [7, 11) is -3.31. The van der Waals surface area contributed by atoms with Crippen molar-refractivity contribution in [3.8, 4) is 0 Å². The molecule has 0 radical (unpaired) electrons. The van der Waals surface area contributed by atoms with E-state index < -0.39 is 9.84 Å². The summed E-state index contributed by atoms with van der Waals surface area (Å²) in [6, 6.07) is 10.2. The lowest BCUT2D eigenvalue weighted by molar-refractivity contribution is -0.0104. The molecule has 1 aromatic heterocycles. The highest BCUT2D eigenvalue weighted by Gasteiger charge is 2.30. The van der Waals surface area contributed by atoms with Crippen LogP contribution in [0.5, 0.6) is 0 Å². The molecule has 0 bridgehead atoms. The highest BCUT2D eigenvalue weighted by Crippen LogP contribution is 2.27. The summed E-state index contributed by atoms with van der Waals surface area (Å²) in [5, 5.41) is 6.79. The number of aromatic amines is 1. The summed E-state index contributed by atoms with van der Waals surface area (Å²) in [4.78, 5) is 2.52. The third-order valence-electron chi connectivity index (χ3n) is 4.13. The first-order chi connectivity index (χ1) is 11.1. The summed E-state index contributed by atoms with van der Waals surface area (Å²) in [5.41, 5.74) is 1.89. The van der Waals surface area contributed by atoms with Gasteiger partial charge in [0.25, 0.3) is 0 Å². The topological polar surface area (TPSA) is 75.3 Å². The van der Waals surface area contributed by atoms with Gasteiger partial charge in [0.1, 0.15) is 4.90 Å². The van der Waals surface area contributed by atoms with Crippen molar-refractivity contribution < 1.29 is 13.2 Å². The number of aromatic nitrogens is 2. The van der Waals surface area contributed by atoms with E-state index in [1.54, 1.807) is 0 Å². The van der Waals surface area contributed by atoms with Gasteiger partial charge in [0.05, 0.1) is 31.1 Å². The first-order valence-electron chi connectivity index (χ1n) is 7.65. The largest absolute Gasteiger partial charge is 0.378 e. The second kappa shape index (κ2) is 6.82. The highest BCUT2D eigenvalue weighted by atomic mass is 32.2. The molecule has 2 heterocycles. The van der Waals surface area contributed by atoms with Crippen LogP contribution in [-0.2, 0) is 21.0 Å². The van der Waals surface area contributed by atoms with Gasteiger partial charge in [-0.25, -0.2) is 8.42 Å². The molecule has 7 heteroatoms. The molecule has 0 saturated carbocycles. The van der Waals surface area contributed by atoms with Crippen molar-refractivity contribution in [1.29, 1.82) is 0 Å². The third-order valence-corrected chi connectivity index (χ3v) is 5.26. The van der Waals surface area contributed by atoms with Crippen LogP contribution in [0.15, 0.2) is 41.4 Å². The van der Waals surface area contributed by atoms with E-state index in [2.05, 4.69) is 27.2 Å². The molecule has 23 heavy (non-hydrogen) atoms. The molecular formula is C16H21N3O3S. The predicted molar refractivity (Wildman–Crippen MR) is 87.0 cm³/mol. The maximum Gasteiger partial charge on any atom is 0.178 e. The van der Waals surface area contributed by atoms with Crippen LogP contribution in [0.1, 0.15) is 17.3 Å². The highest BCUT2D eigenvalue weighted by molar-refractivity contribution is 7.90. The van der Waals surface area contributed by atoms with Gasteiger partial charge in [0.15, 0.2) is 9.84 Å². The van der Waals surface area contributed by atoms with Crippen LogP contribution in [0, 0.1) is 0 Å². The van der Waals surface area contributed by atoms with E-state index in [4.69, 9.17) is 4.74 Å². The minimum absolute atomic E-state index is 0.111. The average Bonchev–Trinajstić information content (AvgIpc) is 3.04. The number of nitrogens with one attached hydrogen (secondary N) is 1. The number of H-pyrrole nitrogens is 1. The molecule has 2 aromatic rings. The molecule has 0 spiro atoms. The van der Waals surface area contributed by atoms with Crippen LogP contribution in [0.25, 0.3) is 0 Å². The van der Waals surface area contributed by atoms with Gasteiger partial charge in [0, 0.05) is 19.3 Å². The van der Waals surface area contributed by atoms with E-state index in [0.29, 0.717) is 18.9 Å². The Bertz CT molecular complexity index is 743. The van der Waals surface area contributed by atoms with E-state index >= 15 is 0 Å². The van der Waals surface area contributed by atoms with Crippen molar-refractivity contribution in [2.45, 2.75) is 17.4 Å².